The molecule has 132 valence electrons. The molecule has 0 bridgehead atoms. The van der Waals surface area contributed by atoms with E-state index in [1.54, 1.807) is 0 Å². The fourth-order valence-corrected chi connectivity index (χ4v) is 2.42. The molecule has 0 radical (unpaired) electrons. The van der Waals surface area contributed by atoms with Gasteiger partial charge in [0.2, 0.25) is 11.4 Å². The van der Waals surface area contributed by atoms with Crippen LogP contribution in [0.25, 0.3) is 0 Å². The smallest absolute Gasteiger partial charge is 0.376 e. The molecule has 9 heteroatoms. The standard InChI is InChI=1S/C16H13ClF3N2O3/c1-15(23,16(18,19)20)11-3-5-12(6-4-11)22(24,25)14-7-2-10(9-21)8-13(14)17/h2-8,23-25H,1H3/q+1/t15-/m0/s1. The minimum absolute atomic E-state index is 0.115. The van der Waals surface area contributed by atoms with Gasteiger partial charge in [0.25, 0.3) is 0 Å². The van der Waals surface area contributed by atoms with E-state index in [-0.39, 0.29) is 22.0 Å². The molecular formula is C16H13ClF3N2O3+. The molecule has 0 aromatic heterocycles. The number of nitrogens with zero attached hydrogens (tertiary/aromatic N) is 2. The first-order valence-corrected chi connectivity index (χ1v) is 7.24. The molecular weight excluding hydrogens is 361 g/mol. The highest BCUT2D eigenvalue weighted by molar-refractivity contribution is 6.33. The van der Waals surface area contributed by atoms with Gasteiger partial charge in [-0.25, -0.2) is 0 Å². The van der Waals surface area contributed by atoms with Gasteiger partial charge in [-0.2, -0.15) is 28.8 Å². The van der Waals surface area contributed by atoms with Crippen LogP contribution in [0, 0.1) is 11.3 Å². The van der Waals surface area contributed by atoms with Crippen LogP contribution in [0.5, 0.6) is 0 Å². The minimum atomic E-state index is -4.89. The first kappa shape index (κ1) is 19.2. The number of rotatable bonds is 3. The van der Waals surface area contributed by atoms with Crippen molar-refractivity contribution < 1.29 is 28.7 Å². The van der Waals surface area contributed by atoms with E-state index < -0.39 is 22.2 Å². The van der Waals surface area contributed by atoms with Gasteiger partial charge in [-0.05, 0) is 36.8 Å². The summed E-state index contributed by atoms with van der Waals surface area (Å²) in [5, 5.41) is 38.9. The zero-order chi connectivity index (χ0) is 19.0. The van der Waals surface area contributed by atoms with E-state index >= 15 is 0 Å². The van der Waals surface area contributed by atoms with E-state index in [1.165, 1.54) is 18.2 Å². The number of hydrogen-bond acceptors (Lipinski definition) is 4. The van der Waals surface area contributed by atoms with Crippen molar-refractivity contribution in [2.24, 2.45) is 0 Å². The Kier molecular flexibility index (Phi) is 4.83. The molecule has 1 atom stereocenters. The Bertz CT molecular complexity index is 828. The SMILES string of the molecule is C[C@](O)(c1ccc([N+](O)(O)c2ccc(C#N)cc2Cl)cc1)C(F)(F)F. The third-order valence-electron chi connectivity index (χ3n) is 3.75. The van der Waals surface area contributed by atoms with Crippen molar-refractivity contribution in [3.05, 3.63) is 58.6 Å². The van der Waals surface area contributed by atoms with Crippen molar-refractivity contribution in [1.29, 1.82) is 5.26 Å². The van der Waals surface area contributed by atoms with Gasteiger partial charge >= 0.3 is 6.18 Å². The summed E-state index contributed by atoms with van der Waals surface area (Å²) >= 11 is 5.93. The van der Waals surface area contributed by atoms with Gasteiger partial charge in [0, 0.05) is 23.0 Å². The first-order valence-electron chi connectivity index (χ1n) is 6.86. The van der Waals surface area contributed by atoms with Crippen molar-refractivity contribution >= 4 is 23.0 Å². The molecule has 0 spiro atoms. The van der Waals surface area contributed by atoms with E-state index in [0.29, 0.717) is 6.92 Å². The zero-order valence-corrected chi connectivity index (χ0v) is 13.5. The fraction of sp³-hybridized carbons (Fsp3) is 0.188. The van der Waals surface area contributed by atoms with Gasteiger partial charge in [-0.1, -0.05) is 11.6 Å². The Morgan fingerprint density at radius 3 is 2.08 bits per heavy atom. The third kappa shape index (κ3) is 3.46. The van der Waals surface area contributed by atoms with Gasteiger partial charge in [0.1, 0.15) is 5.02 Å². The van der Waals surface area contributed by atoms with E-state index in [2.05, 4.69) is 0 Å². The molecule has 3 N–H and O–H groups in total. The van der Waals surface area contributed by atoms with Crippen LogP contribution in [0.3, 0.4) is 0 Å². The van der Waals surface area contributed by atoms with Crippen LogP contribution < -0.4 is 4.81 Å². The maximum Gasteiger partial charge on any atom is 0.421 e. The third-order valence-corrected chi connectivity index (χ3v) is 4.06. The highest BCUT2D eigenvalue weighted by Gasteiger charge is 2.51. The Morgan fingerprint density at radius 2 is 1.64 bits per heavy atom. The van der Waals surface area contributed by atoms with Crippen molar-refractivity contribution in [2.75, 3.05) is 0 Å². The lowest BCUT2D eigenvalue weighted by Gasteiger charge is -2.27. The molecule has 2 aromatic carbocycles. The number of nitriles is 1. The van der Waals surface area contributed by atoms with Crippen LogP contribution in [0.15, 0.2) is 42.5 Å². The van der Waals surface area contributed by atoms with E-state index in [0.717, 1.165) is 24.3 Å². The largest absolute Gasteiger partial charge is 0.421 e. The summed E-state index contributed by atoms with van der Waals surface area (Å²) in [5.74, 6) is 0. The van der Waals surface area contributed by atoms with Gasteiger partial charge in [-0.15, -0.1) is 0 Å². The van der Waals surface area contributed by atoms with Gasteiger partial charge in [-0.3, -0.25) is 0 Å². The van der Waals surface area contributed by atoms with E-state index in [1.807, 2.05) is 6.07 Å². The zero-order valence-electron chi connectivity index (χ0n) is 12.8. The highest BCUT2D eigenvalue weighted by Crippen LogP contribution is 2.41. The molecule has 0 fully saturated rings. The second kappa shape index (κ2) is 6.29. The maximum atomic E-state index is 12.8. The summed E-state index contributed by atoms with van der Waals surface area (Å²) in [5.41, 5.74) is -3.76. The molecule has 2 aromatic rings. The van der Waals surface area contributed by atoms with Crippen LogP contribution in [-0.4, -0.2) is 21.7 Å². The molecule has 5 nitrogen and oxygen atoms in total. The van der Waals surface area contributed by atoms with Crippen LogP contribution >= 0.6 is 11.6 Å². The molecule has 2 rings (SSSR count). The van der Waals surface area contributed by atoms with Crippen molar-refractivity contribution in [2.45, 2.75) is 18.7 Å². The first-order chi connectivity index (χ1) is 11.4. The van der Waals surface area contributed by atoms with Crippen LogP contribution in [0.4, 0.5) is 24.5 Å². The Labute approximate surface area is 145 Å². The lowest BCUT2D eigenvalue weighted by Crippen LogP contribution is -2.39. The average Bonchev–Trinajstić information content (AvgIpc) is 2.53. The number of alkyl halides is 3. The molecule has 0 amide bonds. The number of aliphatic hydroxyl groups is 1. The average molecular weight is 374 g/mol. The molecule has 0 aliphatic carbocycles. The lowest BCUT2D eigenvalue weighted by atomic mass is 9.95. The van der Waals surface area contributed by atoms with E-state index in [4.69, 9.17) is 16.9 Å². The Balaban J connectivity index is 2.44. The van der Waals surface area contributed by atoms with Crippen molar-refractivity contribution in [3.8, 4) is 6.07 Å². The summed E-state index contributed by atoms with van der Waals surface area (Å²) in [6, 6.07) is 9.47. The normalized spacial score (nSPS) is 14.7. The molecule has 0 aliphatic heterocycles. The van der Waals surface area contributed by atoms with Gasteiger partial charge in [0.15, 0.2) is 5.60 Å². The summed E-state index contributed by atoms with van der Waals surface area (Å²) in [4.78, 5) is -1.83. The Hall–Kier alpha value is -2.15. The molecule has 0 saturated carbocycles. The number of halogens is 4. The molecule has 0 heterocycles. The lowest BCUT2D eigenvalue weighted by molar-refractivity contribution is -0.259. The predicted octanol–water partition coefficient (Wildman–Crippen LogP) is 4.40. The van der Waals surface area contributed by atoms with Crippen molar-refractivity contribution in [3.63, 3.8) is 0 Å². The Morgan fingerprint density at radius 1 is 1.08 bits per heavy atom. The molecule has 25 heavy (non-hydrogen) atoms. The highest BCUT2D eigenvalue weighted by atomic mass is 35.5. The van der Waals surface area contributed by atoms with Gasteiger partial charge in [0.05, 0.1) is 11.6 Å². The van der Waals surface area contributed by atoms with Crippen molar-refractivity contribution in [1.82, 2.24) is 4.81 Å². The number of benzene rings is 2. The molecule has 0 saturated heterocycles. The number of hydrogen-bond donors (Lipinski definition) is 3. The quantitative estimate of drug-likeness (QED) is 0.550. The van der Waals surface area contributed by atoms with Crippen LogP contribution in [0.1, 0.15) is 18.1 Å². The predicted molar refractivity (Wildman–Crippen MR) is 83.3 cm³/mol. The topological polar surface area (TPSA) is 84.5 Å². The summed E-state index contributed by atoms with van der Waals surface area (Å²) in [7, 11) is 0. The fourth-order valence-electron chi connectivity index (χ4n) is 2.13. The van der Waals surface area contributed by atoms with Crippen LogP contribution in [-0.2, 0) is 5.60 Å². The monoisotopic (exact) mass is 373 g/mol. The minimum Gasteiger partial charge on any atom is -0.376 e. The van der Waals surface area contributed by atoms with Gasteiger partial charge < -0.3 is 5.11 Å². The number of quaternary nitrogens is 1. The van der Waals surface area contributed by atoms with Crippen LogP contribution in [0.2, 0.25) is 5.02 Å². The summed E-state index contributed by atoms with van der Waals surface area (Å²) < 4.78 is 38.5. The van der Waals surface area contributed by atoms with E-state index in [9.17, 15) is 28.7 Å². The molecule has 0 unspecified atom stereocenters. The maximum absolute atomic E-state index is 12.8. The second-order valence-corrected chi connectivity index (χ2v) is 5.90. The summed E-state index contributed by atoms with van der Waals surface area (Å²) in [6.45, 7) is 0.597. The summed E-state index contributed by atoms with van der Waals surface area (Å²) in [6.07, 6.45) is -4.89. The molecule has 0 aliphatic rings. The second-order valence-electron chi connectivity index (χ2n) is 5.50.